The number of pyridine rings is 1. The second kappa shape index (κ2) is 9.36. The van der Waals surface area contributed by atoms with E-state index in [9.17, 15) is 14.0 Å². The Bertz CT molecular complexity index is 1170. The van der Waals surface area contributed by atoms with Crippen molar-refractivity contribution >= 4 is 34.8 Å². The molecule has 31 heavy (non-hydrogen) atoms. The van der Waals surface area contributed by atoms with E-state index in [1.54, 1.807) is 18.2 Å². The lowest BCUT2D eigenvalue weighted by atomic mass is 10.0. The first kappa shape index (κ1) is 21.9. The molecule has 1 heterocycles. The third-order valence-electron chi connectivity index (χ3n) is 4.43. The van der Waals surface area contributed by atoms with Gasteiger partial charge in [-0.25, -0.2) is 4.39 Å². The summed E-state index contributed by atoms with van der Waals surface area (Å²) in [5, 5.41) is 10.4. The molecule has 0 bridgehead atoms. The first-order chi connectivity index (χ1) is 14.8. The van der Waals surface area contributed by atoms with E-state index in [0.29, 0.717) is 16.5 Å². The van der Waals surface area contributed by atoms with E-state index in [2.05, 4.69) is 10.3 Å². The standard InChI is InChI=1S/C22H18ClFN4O3/c1-31-15-5-7-19(17(10-15)20(29)9-14-4-3-13(23)11-27-14)28-22(30)16-6-2-12(21(25)26)8-18(16)24/h2-8,10-11H,9H2,1H3,(H3,25,26)(H,28,30). The van der Waals surface area contributed by atoms with Crippen LogP contribution in [0.4, 0.5) is 10.1 Å². The second-order valence-electron chi connectivity index (χ2n) is 6.54. The fraction of sp³-hybridized carbons (Fsp3) is 0.0909. The molecule has 3 rings (SSSR count). The number of nitrogens with zero attached hydrogens (tertiary/aromatic N) is 1. The lowest BCUT2D eigenvalue weighted by Crippen LogP contribution is -2.18. The van der Waals surface area contributed by atoms with Crippen LogP contribution in [-0.4, -0.2) is 29.6 Å². The van der Waals surface area contributed by atoms with E-state index in [0.717, 1.165) is 6.07 Å². The molecule has 0 aliphatic carbocycles. The number of nitrogen functional groups attached to an aromatic ring is 1. The minimum absolute atomic E-state index is 0.0329. The number of carbonyl (C=O) groups excluding carboxylic acids is 2. The van der Waals surface area contributed by atoms with Gasteiger partial charge in [-0.1, -0.05) is 17.7 Å². The largest absolute Gasteiger partial charge is 0.497 e. The van der Waals surface area contributed by atoms with Crippen LogP contribution < -0.4 is 15.8 Å². The molecule has 0 spiro atoms. The number of ether oxygens (including phenoxy) is 1. The molecule has 0 saturated carbocycles. The fourth-order valence-corrected chi connectivity index (χ4v) is 2.93. The molecule has 0 saturated heterocycles. The molecule has 1 amide bonds. The number of nitrogens with two attached hydrogens (primary N) is 1. The summed E-state index contributed by atoms with van der Waals surface area (Å²) >= 11 is 5.82. The van der Waals surface area contributed by atoms with Gasteiger partial charge in [0.15, 0.2) is 5.78 Å². The third kappa shape index (κ3) is 5.23. The summed E-state index contributed by atoms with van der Waals surface area (Å²) in [5.74, 6) is -1.81. The smallest absolute Gasteiger partial charge is 0.258 e. The minimum Gasteiger partial charge on any atom is -0.497 e. The monoisotopic (exact) mass is 440 g/mol. The zero-order valence-electron chi connectivity index (χ0n) is 16.4. The number of Topliss-reactive ketones (excluding diaryl/α,β-unsaturated/α-hetero) is 1. The normalized spacial score (nSPS) is 10.4. The number of hydrogen-bond acceptors (Lipinski definition) is 5. The first-order valence-corrected chi connectivity index (χ1v) is 9.43. The molecule has 2 aromatic carbocycles. The van der Waals surface area contributed by atoms with Crippen molar-refractivity contribution < 1.29 is 18.7 Å². The molecule has 0 atom stereocenters. The van der Waals surface area contributed by atoms with Gasteiger partial charge in [-0.15, -0.1) is 0 Å². The van der Waals surface area contributed by atoms with Crippen LogP contribution >= 0.6 is 11.6 Å². The summed E-state index contributed by atoms with van der Waals surface area (Å²) < 4.78 is 19.5. The van der Waals surface area contributed by atoms with E-state index in [1.807, 2.05) is 0 Å². The lowest BCUT2D eigenvalue weighted by Gasteiger charge is -2.13. The highest BCUT2D eigenvalue weighted by molar-refractivity contribution is 6.30. The Labute approximate surface area is 182 Å². The molecule has 0 radical (unpaired) electrons. The minimum atomic E-state index is -0.836. The van der Waals surface area contributed by atoms with Gasteiger partial charge < -0.3 is 15.8 Å². The third-order valence-corrected chi connectivity index (χ3v) is 4.65. The summed E-state index contributed by atoms with van der Waals surface area (Å²) in [4.78, 5) is 29.6. The van der Waals surface area contributed by atoms with Gasteiger partial charge in [0.25, 0.3) is 5.91 Å². The highest BCUT2D eigenvalue weighted by atomic mass is 35.5. The van der Waals surface area contributed by atoms with E-state index in [1.165, 1.54) is 37.6 Å². The number of aromatic nitrogens is 1. The Morgan fingerprint density at radius 1 is 1.16 bits per heavy atom. The maximum atomic E-state index is 14.3. The zero-order valence-corrected chi connectivity index (χ0v) is 17.2. The molecule has 0 aliphatic rings. The fourth-order valence-electron chi connectivity index (χ4n) is 2.82. The van der Waals surface area contributed by atoms with Gasteiger partial charge >= 0.3 is 0 Å². The van der Waals surface area contributed by atoms with Gasteiger partial charge in [-0.05, 0) is 42.5 Å². The highest BCUT2D eigenvalue weighted by Crippen LogP contribution is 2.25. The van der Waals surface area contributed by atoms with Crippen LogP contribution in [0.3, 0.4) is 0 Å². The number of rotatable bonds is 7. The highest BCUT2D eigenvalue weighted by Gasteiger charge is 2.19. The van der Waals surface area contributed by atoms with Gasteiger partial charge in [0.1, 0.15) is 17.4 Å². The average molecular weight is 441 g/mol. The average Bonchev–Trinajstić information content (AvgIpc) is 2.75. The van der Waals surface area contributed by atoms with Crippen LogP contribution in [-0.2, 0) is 6.42 Å². The van der Waals surface area contributed by atoms with Crippen molar-refractivity contribution in [2.45, 2.75) is 6.42 Å². The van der Waals surface area contributed by atoms with Crippen molar-refractivity contribution in [2.75, 3.05) is 12.4 Å². The molecule has 0 aliphatic heterocycles. The quantitative estimate of drug-likeness (QED) is 0.293. The van der Waals surface area contributed by atoms with Gasteiger partial charge in [-0.3, -0.25) is 20.0 Å². The van der Waals surface area contributed by atoms with Gasteiger partial charge in [0, 0.05) is 23.0 Å². The number of benzene rings is 2. The predicted octanol–water partition coefficient (Wildman–Crippen LogP) is 3.84. The zero-order chi connectivity index (χ0) is 22.5. The summed E-state index contributed by atoms with van der Waals surface area (Å²) in [5.41, 5.74) is 6.12. The van der Waals surface area contributed by atoms with Crippen molar-refractivity contribution in [3.63, 3.8) is 0 Å². The summed E-state index contributed by atoms with van der Waals surface area (Å²) in [6.45, 7) is 0. The van der Waals surface area contributed by atoms with Crippen LogP contribution in [0.15, 0.2) is 54.7 Å². The number of halogens is 2. The van der Waals surface area contributed by atoms with Crippen LogP contribution in [0.5, 0.6) is 5.75 Å². The first-order valence-electron chi connectivity index (χ1n) is 9.05. The maximum Gasteiger partial charge on any atom is 0.258 e. The molecular weight excluding hydrogens is 423 g/mol. The van der Waals surface area contributed by atoms with Gasteiger partial charge in [-0.2, -0.15) is 0 Å². The lowest BCUT2D eigenvalue weighted by molar-refractivity contribution is 0.0992. The van der Waals surface area contributed by atoms with E-state index in [-0.39, 0.29) is 40.4 Å². The summed E-state index contributed by atoms with van der Waals surface area (Å²) in [6, 6.07) is 11.4. The van der Waals surface area contributed by atoms with Crippen molar-refractivity contribution in [3.8, 4) is 5.75 Å². The van der Waals surface area contributed by atoms with Crippen molar-refractivity contribution in [1.29, 1.82) is 5.41 Å². The Balaban J connectivity index is 1.89. The van der Waals surface area contributed by atoms with E-state index in [4.69, 9.17) is 27.5 Å². The number of anilines is 1. The van der Waals surface area contributed by atoms with Gasteiger partial charge in [0.05, 0.1) is 29.8 Å². The van der Waals surface area contributed by atoms with Gasteiger partial charge in [0.2, 0.25) is 0 Å². The molecular formula is C22H18ClFN4O3. The Morgan fingerprint density at radius 3 is 2.55 bits per heavy atom. The predicted molar refractivity (Wildman–Crippen MR) is 116 cm³/mol. The molecule has 158 valence electrons. The SMILES string of the molecule is COc1ccc(NC(=O)c2ccc(C(=N)N)cc2F)c(C(=O)Cc2ccc(Cl)cn2)c1. The van der Waals surface area contributed by atoms with Crippen molar-refractivity contribution in [1.82, 2.24) is 4.98 Å². The van der Waals surface area contributed by atoms with Crippen LogP contribution in [0.25, 0.3) is 0 Å². The number of hydrogen-bond donors (Lipinski definition) is 3. The number of nitrogens with one attached hydrogen (secondary N) is 2. The van der Waals surface area contributed by atoms with Crippen LogP contribution in [0.1, 0.15) is 32.0 Å². The number of carbonyl (C=O) groups is 2. The molecule has 3 aromatic rings. The Hall–Kier alpha value is -3.78. The van der Waals surface area contributed by atoms with Crippen molar-refractivity contribution in [3.05, 3.63) is 88.0 Å². The summed E-state index contributed by atoms with van der Waals surface area (Å²) in [6.07, 6.45) is 1.40. The number of methoxy groups -OCH3 is 1. The molecule has 4 N–H and O–H groups in total. The summed E-state index contributed by atoms with van der Waals surface area (Å²) in [7, 11) is 1.45. The van der Waals surface area contributed by atoms with E-state index < -0.39 is 11.7 Å². The molecule has 1 aromatic heterocycles. The molecule has 7 nitrogen and oxygen atoms in total. The van der Waals surface area contributed by atoms with E-state index >= 15 is 0 Å². The van der Waals surface area contributed by atoms with Crippen molar-refractivity contribution in [2.24, 2.45) is 5.73 Å². The molecule has 0 unspecified atom stereocenters. The number of ketones is 1. The Morgan fingerprint density at radius 2 is 1.94 bits per heavy atom. The Kier molecular flexibility index (Phi) is 6.61. The molecule has 9 heteroatoms. The topological polar surface area (TPSA) is 118 Å². The van der Waals surface area contributed by atoms with Crippen LogP contribution in [0, 0.1) is 11.2 Å². The molecule has 0 fully saturated rings. The number of amides is 1. The maximum absolute atomic E-state index is 14.3. The van der Waals surface area contributed by atoms with Crippen LogP contribution in [0.2, 0.25) is 5.02 Å². The second-order valence-corrected chi connectivity index (χ2v) is 6.98. The number of amidine groups is 1.